The number of nitrogens with zero attached hydrogens (tertiary/aromatic N) is 3. The fraction of sp³-hybridized carbons (Fsp3) is 0.353. The van der Waals surface area contributed by atoms with Crippen molar-refractivity contribution in [2.45, 2.75) is 55.2 Å². The van der Waals surface area contributed by atoms with Crippen molar-refractivity contribution in [2.75, 3.05) is 30.9 Å². The van der Waals surface area contributed by atoms with Crippen molar-refractivity contribution >= 4 is 57.7 Å². The quantitative estimate of drug-likeness (QED) is 0.136. The Labute approximate surface area is 262 Å². The van der Waals surface area contributed by atoms with Crippen molar-refractivity contribution in [3.8, 4) is 0 Å². The van der Waals surface area contributed by atoms with Crippen LogP contribution in [0, 0.1) is 12.8 Å². The van der Waals surface area contributed by atoms with Gasteiger partial charge in [0.1, 0.15) is 5.82 Å². The lowest BCUT2D eigenvalue weighted by Gasteiger charge is -2.30. The Morgan fingerprint density at radius 1 is 0.953 bits per heavy atom. The minimum atomic E-state index is -0.538. The zero-order chi connectivity index (χ0) is 30.3. The number of fused-ring (bicyclic) bond motifs is 1. The molecule has 0 saturated heterocycles. The summed E-state index contributed by atoms with van der Waals surface area (Å²) in [4.78, 5) is 39.0. The van der Waals surface area contributed by atoms with E-state index in [4.69, 9.17) is 21.6 Å². The Kier molecular flexibility index (Phi) is 10.2. The number of carbonyl (C=O) groups is 2. The third kappa shape index (κ3) is 8.27. The lowest BCUT2D eigenvalue weighted by atomic mass is 9.86. The molecule has 1 aromatic heterocycles. The summed E-state index contributed by atoms with van der Waals surface area (Å²) < 4.78 is 0. The van der Waals surface area contributed by atoms with E-state index in [1.807, 2.05) is 86.6 Å². The number of Topliss-reactive ketones (excluding diaryl/α,β-unsaturated/α-hetero) is 1. The van der Waals surface area contributed by atoms with Crippen LogP contribution in [0.2, 0.25) is 5.02 Å². The molecule has 4 aromatic rings. The lowest BCUT2D eigenvalue weighted by molar-refractivity contribution is -0.120. The maximum absolute atomic E-state index is 13.4. The van der Waals surface area contributed by atoms with E-state index in [1.54, 1.807) is 12.1 Å². The summed E-state index contributed by atoms with van der Waals surface area (Å²) in [5.41, 5.74) is 2.64. The molecular weight excluding hydrogens is 578 g/mol. The highest BCUT2D eigenvalue weighted by Crippen LogP contribution is 2.30. The molecule has 9 heteroatoms. The molecule has 5 rings (SSSR count). The summed E-state index contributed by atoms with van der Waals surface area (Å²) in [5.74, 6) is 1.78. The lowest BCUT2D eigenvalue weighted by Crippen LogP contribution is -2.39. The number of benzene rings is 3. The van der Waals surface area contributed by atoms with Crippen LogP contribution in [-0.2, 0) is 4.79 Å². The van der Waals surface area contributed by atoms with Crippen molar-refractivity contribution < 1.29 is 9.59 Å². The van der Waals surface area contributed by atoms with E-state index in [2.05, 4.69) is 10.6 Å². The number of hydrogen-bond donors (Lipinski definition) is 2. The highest BCUT2D eigenvalue weighted by atomic mass is 35.5. The molecule has 1 amide bonds. The van der Waals surface area contributed by atoms with Gasteiger partial charge in [-0.1, -0.05) is 53.6 Å². The molecule has 1 fully saturated rings. The van der Waals surface area contributed by atoms with Gasteiger partial charge >= 0.3 is 0 Å². The van der Waals surface area contributed by atoms with Crippen LogP contribution in [0.1, 0.15) is 48.0 Å². The van der Waals surface area contributed by atoms with Gasteiger partial charge in [-0.15, -0.1) is 11.8 Å². The highest BCUT2D eigenvalue weighted by Gasteiger charge is 2.27. The average molecular weight is 616 g/mol. The first-order chi connectivity index (χ1) is 20.7. The molecule has 0 bridgehead atoms. The van der Waals surface area contributed by atoms with Crippen molar-refractivity contribution in [1.82, 2.24) is 15.3 Å². The Morgan fingerprint density at radius 2 is 1.65 bits per heavy atom. The van der Waals surface area contributed by atoms with E-state index in [9.17, 15) is 9.59 Å². The third-order valence-electron chi connectivity index (χ3n) is 7.88. The SMILES string of the molecule is Cc1ccc(C(=O)CC(Sc2ccc(Cl)cc2)C(=O)NC[C@H]2CC[C@@H](Nc3nc(N(C)C)c4ccccc4n3)CC2)cc1. The molecule has 0 spiro atoms. The molecule has 1 aliphatic carbocycles. The van der Waals surface area contributed by atoms with Gasteiger partial charge in [0.15, 0.2) is 5.78 Å². The van der Waals surface area contributed by atoms with E-state index in [0.29, 0.717) is 29.0 Å². The number of aryl methyl sites for hydroxylation is 1. The normalized spacial score (nSPS) is 17.3. The number of ketones is 1. The average Bonchev–Trinajstić information content (AvgIpc) is 3.01. The van der Waals surface area contributed by atoms with Crippen LogP contribution in [0.4, 0.5) is 11.8 Å². The second-order valence-electron chi connectivity index (χ2n) is 11.4. The van der Waals surface area contributed by atoms with Crippen LogP contribution in [0.3, 0.4) is 0 Å². The number of para-hydroxylation sites is 1. The molecule has 1 unspecified atom stereocenters. The van der Waals surface area contributed by atoms with Crippen molar-refractivity contribution in [1.29, 1.82) is 0 Å². The zero-order valence-electron chi connectivity index (χ0n) is 24.8. The molecule has 1 heterocycles. The largest absolute Gasteiger partial charge is 0.362 e. The molecule has 1 aliphatic rings. The fourth-order valence-electron chi connectivity index (χ4n) is 5.41. The van der Waals surface area contributed by atoms with Crippen LogP contribution in [0.25, 0.3) is 10.9 Å². The van der Waals surface area contributed by atoms with Crippen LogP contribution in [0.5, 0.6) is 0 Å². The van der Waals surface area contributed by atoms with Gasteiger partial charge in [-0.05, 0) is 74.9 Å². The fourth-order valence-corrected chi connectivity index (χ4v) is 6.58. The predicted molar refractivity (Wildman–Crippen MR) is 177 cm³/mol. The van der Waals surface area contributed by atoms with Gasteiger partial charge in [0.25, 0.3) is 0 Å². The Hall–Kier alpha value is -3.62. The molecule has 1 saturated carbocycles. The standard InChI is InChI=1S/C34H38ClN5O2S/c1-22-8-12-24(13-9-22)30(41)20-31(43-27-18-14-25(35)15-19-27)33(42)36-21-23-10-16-26(17-11-23)37-34-38-29-7-5-4-6-28(29)32(39-34)40(2)3/h4-9,12-15,18-19,23,26,31H,10-11,16-17,20-21H2,1-3H3,(H,36,42)(H,37,38,39)/t23-,26+,31?. The van der Waals surface area contributed by atoms with E-state index < -0.39 is 5.25 Å². The summed E-state index contributed by atoms with van der Waals surface area (Å²) in [5, 5.41) is 7.85. The smallest absolute Gasteiger partial charge is 0.233 e. The molecule has 2 N–H and O–H groups in total. The molecule has 7 nitrogen and oxygen atoms in total. The van der Waals surface area contributed by atoms with E-state index in [0.717, 1.165) is 52.9 Å². The zero-order valence-corrected chi connectivity index (χ0v) is 26.4. The maximum Gasteiger partial charge on any atom is 0.233 e. The Morgan fingerprint density at radius 3 is 2.35 bits per heavy atom. The van der Waals surface area contributed by atoms with E-state index in [1.165, 1.54) is 11.8 Å². The molecule has 224 valence electrons. The molecule has 3 aromatic carbocycles. The van der Waals surface area contributed by atoms with Crippen molar-refractivity contribution in [3.63, 3.8) is 0 Å². The number of thioether (sulfide) groups is 1. The van der Waals surface area contributed by atoms with Crippen molar-refractivity contribution in [3.05, 3.63) is 88.9 Å². The molecular formula is C34H38ClN5O2S. The molecule has 0 aliphatic heterocycles. The van der Waals surface area contributed by atoms with Gasteiger partial charge in [-0.25, -0.2) is 4.98 Å². The predicted octanol–water partition coefficient (Wildman–Crippen LogP) is 7.18. The Bertz CT molecular complexity index is 1550. The number of amides is 1. The van der Waals surface area contributed by atoms with E-state index >= 15 is 0 Å². The van der Waals surface area contributed by atoms with Gasteiger partial charge in [0, 0.05) is 54.0 Å². The second kappa shape index (κ2) is 14.2. The van der Waals surface area contributed by atoms with Gasteiger partial charge in [-0.2, -0.15) is 4.98 Å². The maximum atomic E-state index is 13.4. The summed E-state index contributed by atoms with van der Waals surface area (Å²) in [7, 11) is 3.99. The van der Waals surface area contributed by atoms with Gasteiger partial charge < -0.3 is 15.5 Å². The molecule has 1 atom stereocenters. The highest BCUT2D eigenvalue weighted by molar-refractivity contribution is 8.00. The van der Waals surface area contributed by atoms with Crippen LogP contribution in [-0.4, -0.2) is 53.6 Å². The van der Waals surface area contributed by atoms with E-state index in [-0.39, 0.29) is 24.2 Å². The van der Waals surface area contributed by atoms with Gasteiger partial charge in [-0.3, -0.25) is 9.59 Å². The molecule has 0 radical (unpaired) electrons. The third-order valence-corrected chi connectivity index (χ3v) is 9.34. The monoisotopic (exact) mass is 615 g/mol. The van der Waals surface area contributed by atoms with Gasteiger partial charge in [0.2, 0.25) is 11.9 Å². The first-order valence-electron chi connectivity index (χ1n) is 14.8. The summed E-state index contributed by atoms with van der Waals surface area (Å²) in [6.45, 7) is 2.59. The van der Waals surface area contributed by atoms with Crippen LogP contribution < -0.4 is 15.5 Å². The number of aromatic nitrogens is 2. The summed E-state index contributed by atoms with van der Waals surface area (Å²) in [6.07, 6.45) is 4.05. The number of rotatable bonds is 11. The topological polar surface area (TPSA) is 87.2 Å². The minimum Gasteiger partial charge on any atom is -0.362 e. The van der Waals surface area contributed by atoms with Crippen LogP contribution in [0.15, 0.2) is 77.7 Å². The first kappa shape index (κ1) is 30.8. The van der Waals surface area contributed by atoms with Gasteiger partial charge in [0.05, 0.1) is 10.8 Å². The number of nitrogens with one attached hydrogen (secondary N) is 2. The summed E-state index contributed by atoms with van der Waals surface area (Å²) in [6, 6.07) is 23.2. The molecule has 43 heavy (non-hydrogen) atoms. The minimum absolute atomic E-state index is 0.0403. The number of hydrogen-bond acceptors (Lipinski definition) is 7. The number of carbonyl (C=O) groups excluding carboxylic acids is 2. The number of halogens is 1. The summed E-state index contributed by atoms with van der Waals surface area (Å²) >= 11 is 7.47. The Balaban J connectivity index is 1.17. The second-order valence-corrected chi connectivity index (χ2v) is 13.2. The number of anilines is 2. The van der Waals surface area contributed by atoms with Crippen molar-refractivity contribution in [2.24, 2.45) is 5.92 Å². The first-order valence-corrected chi connectivity index (χ1v) is 16.0. The van der Waals surface area contributed by atoms with Crippen LogP contribution >= 0.6 is 23.4 Å².